The highest BCUT2D eigenvalue weighted by atomic mass is 32.2. The van der Waals surface area contributed by atoms with Crippen LogP contribution in [-0.2, 0) is 19.4 Å². The van der Waals surface area contributed by atoms with Crippen molar-refractivity contribution in [1.29, 1.82) is 0 Å². The van der Waals surface area contributed by atoms with Gasteiger partial charge in [-0.3, -0.25) is 0 Å². The molecule has 2 N–H and O–H groups in total. The van der Waals surface area contributed by atoms with Crippen LogP contribution in [0, 0.1) is 12.3 Å². The number of benzene rings is 1. The molecule has 1 saturated heterocycles. The van der Waals surface area contributed by atoms with Crippen molar-refractivity contribution in [3.8, 4) is 5.75 Å². The maximum absolute atomic E-state index is 10.3. The van der Waals surface area contributed by atoms with Crippen LogP contribution in [0.3, 0.4) is 0 Å². The molecule has 0 radical (unpaired) electrons. The fourth-order valence-electron chi connectivity index (χ4n) is 6.96. The number of aliphatic hydroxyl groups excluding tert-OH is 1. The van der Waals surface area contributed by atoms with Crippen molar-refractivity contribution in [2.24, 2.45) is 5.41 Å². The molecule has 4 aliphatic rings. The lowest BCUT2D eigenvalue weighted by Crippen LogP contribution is -2.44. The summed E-state index contributed by atoms with van der Waals surface area (Å²) in [6, 6.07) is 10.9. The van der Waals surface area contributed by atoms with Crippen molar-refractivity contribution in [3.05, 3.63) is 59.0 Å². The van der Waals surface area contributed by atoms with Crippen LogP contribution in [0.2, 0.25) is 0 Å². The zero-order valence-corrected chi connectivity index (χ0v) is 22.8. The number of rotatable bonds is 4. The summed E-state index contributed by atoms with van der Waals surface area (Å²) in [7, 11) is 0. The van der Waals surface area contributed by atoms with E-state index >= 15 is 0 Å². The predicted octanol–water partition coefficient (Wildman–Crippen LogP) is 5.33. The molecule has 0 amide bonds. The molecule has 2 aromatic heterocycles. The highest BCUT2D eigenvalue weighted by molar-refractivity contribution is 7.99. The van der Waals surface area contributed by atoms with E-state index in [0.717, 1.165) is 71.8 Å². The van der Waals surface area contributed by atoms with Gasteiger partial charge in [0.2, 0.25) is 0 Å². The first-order chi connectivity index (χ1) is 18.6. The standard InChI is InChI=1S/C30H35N5O2S/c1-20-28(38-24-8-13-31-26-25(24)37-19-30(34-26)9-4-5-10-30)33-23(18-36)27(32-20)35-14-11-29(12-15-35)16-21-6-2-3-7-22(21)17-29/h2-3,6-8,13,36H,4-5,9-12,14-19H2,1H3,(H,31,34). The summed E-state index contributed by atoms with van der Waals surface area (Å²) in [6.45, 7) is 4.45. The molecule has 2 spiro atoms. The third-order valence-corrected chi connectivity index (χ3v) is 10.2. The van der Waals surface area contributed by atoms with Gasteiger partial charge in [-0.05, 0) is 68.1 Å². The zero-order valence-electron chi connectivity index (χ0n) is 22.0. The number of nitrogens with zero attached hydrogens (tertiary/aromatic N) is 4. The molecule has 4 heterocycles. The summed E-state index contributed by atoms with van der Waals surface area (Å²) < 4.78 is 6.30. The normalized spacial score (nSPS) is 20.7. The molecular formula is C30H35N5O2S. The van der Waals surface area contributed by atoms with Gasteiger partial charge in [0.1, 0.15) is 17.3 Å². The highest BCUT2D eigenvalue weighted by Gasteiger charge is 2.41. The quantitative estimate of drug-likeness (QED) is 0.470. The van der Waals surface area contributed by atoms with E-state index in [2.05, 4.69) is 39.5 Å². The lowest BCUT2D eigenvalue weighted by molar-refractivity contribution is 0.214. The Hall–Kier alpha value is -2.84. The van der Waals surface area contributed by atoms with Gasteiger partial charge in [0.25, 0.3) is 0 Å². The minimum absolute atomic E-state index is 0.0268. The largest absolute Gasteiger partial charge is 0.486 e. The van der Waals surface area contributed by atoms with Crippen LogP contribution >= 0.6 is 11.8 Å². The Morgan fingerprint density at radius 3 is 2.47 bits per heavy atom. The van der Waals surface area contributed by atoms with E-state index in [9.17, 15) is 5.11 Å². The van der Waals surface area contributed by atoms with Gasteiger partial charge in [0.05, 0.1) is 22.7 Å². The molecule has 38 heavy (non-hydrogen) atoms. The van der Waals surface area contributed by atoms with Gasteiger partial charge in [-0.25, -0.2) is 15.0 Å². The number of fused-ring (bicyclic) bond motifs is 2. The number of anilines is 2. The second-order valence-electron chi connectivity index (χ2n) is 11.6. The predicted molar refractivity (Wildman–Crippen MR) is 149 cm³/mol. The van der Waals surface area contributed by atoms with Crippen LogP contribution in [0.4, 0.5) is 11.6 Å². The minimum Gasteiger partial charge on any atom is -0.486 e. The lowest BCUT2D eigenvalue weighted by Gasteiger charge is -2.40. The first-order valence-corrected chi connectivity index (χ1v) is 14.8. The molecule has 1 aromatic carbocycles. The molecule has 8 heteroatoms. The smallest absolute Gasteiger partial charge is 0.175 e. The number of piperidine rings is 1. The molecule has 2 aliphatic carbocycles. The Morgan fingerprint density at radius 2 is 1.76 bits per heavy atom. The van der Waals surface area contributed by atoms with Crippen molar-refractivity contribution in [3.63, 3.8) is 0 Å². The van der Waals surface area contributed by atoms with Crippen molar-refractivity contribution >= 4 is 23.4 Å². The van der Waals surface area contributed by atoms with E-state index in [4.69, 9.17) is 14.7 Å². The fourth-order valence-corrected chi connectivity index (χ4v) is 7.90. The van der Waals surface area contributed by atoms with Crippen LogP contribution in [0.15, 0.2) is 46.5 Å². The topological polar surface area (TPSA) is 83.4 Å². The lowest BCUT2D eigenvalue weighted by atomic mass is 9.76. The van der Waals surface area contributed by atoms with E-state index in [1.165, 1.54) is 36.8 Å². The number of nitrogens with one attached hydrogen (secondary N) is 1. The average Bonchev–Trinajstić information content (AvgIpc) is 3.54. The third kappa shape index (κ3) is 4.22. The molecule has 0 atom stereocenters. The Kier molecular flexibility index (Phi) is 6.00. The first kappa shape index (κ1) is 24.2. The number of aryl methyl sites for hydroxylation is 1. The molecule has 7 rings (SSSR count). The van der Waals surface area contributed by atoms with Gasteiger partial charge in [-0.2, -0.15) is 0 Å². The van der Waals surface area contributed by atoms with Gasteiger partial charge in [0, 0.05) is 19.3 Å². The molecule has 1 saturated carbocycles. The summed E-state index contributed by atoms with van der Waals surface area (Å²) in [4.78, 5) is 17.8. The Balaban J connectivity index is 1.09. The third-order valence-electron chi connectivity index (χ3n) is 9.11. The van der Waals surface area contributed by atoms with Crippen molar-refractivity contribution in [1.82, 2.24) is 15.0 Å². The van der Waals surface area contributed by atoms with Gasteiger partial charge >= 0.3 is 0 Å². The van der Waals surface area contributed by atoms with E-state index in [1.54, 1.807) is 11.8 Å². The molecule has 2 fully saturated rings. The fraction of sp³-hybridized carbons (Fsp3) is 0.500. The number of aliphatic hydroxyl groups is 1. The molecule has 0 bridgehead atoms. The summed E-state index contributed by atoms with van der Waals surface area (Å²) >= 11 is 1.54. The van der Waals surface area contributed by atoms with E-state index in [1.807, 2.05) is 19.2 Å². The van der Waals surface area contributed by atoms with Crippen LogP contribution in [0.1, 0.15) is 61.0 Å². The maximum atomic E-state index is 10.3. The van der Waals surface area contributed by atoms with Crippen LogP contribution < -0.4 is 15.0 Å². The van der Waals surface area contributed by atoms with Crippen molar-refractivity contribution in [2.75, 3.05) is 29.9 Å². The Labute approximate surface area is 228 Å². The first-order valence-electron chi connectivity index (χ1n) is 13.9. The number of hydrogen-bond donors (Lipinski definition) is 2. The van der Waals surface area contributed by atoms with Crippen molar-refractivity contribution < 1.29 is 9.84 Å². The molecule has 3 aromatic rings. The van der Waals surface area contributed by atoms with Crippen LogP contribution in [0.25, 0.3) is 0 Å². The molecule has 198 valence electrons. The van der Waals surface area contributed by atoms with Gasteiger partial charge in [0.15, 0.2) is 17.4 Å². The number of aromatic nitrogens is 3. The summed E-state index contributed by atoms with van der Waals surface area (Å²) in [5, 5.41) is 14.8. The minimum atomic E-state index is -0.127. The SMILES string of the molecule is Cc1nc(N2CCC3(CC2)Cc2ccccc2C3)c(CO)nc1Sc1ccnc2c1OCC1(CCCC1)N2. The summed E-state index contributed by atoms with van der Waals surface area (Å²) in [5.74, 6) is 2.45. The number of pyridine rings is 1. The Morgan fingerprint density at radius 1 is 1.03 bits per heavy atom. The second-order valence-corrected chi connectivity index (χ2v) is 12.7. The van der Waals surface area contributed by atoms with Crippen LogP contribution in [-0.4, -0.2) is 45.3 Å². The van der Waals surface area contributed by atoms with Crippen LogP contribution in [0.5, 0.6) is 5.75 Å². The van der Waals surface area contributed by atoms with Crippen molar-refractivity contribution in [2.45, 2.75) is 80.4 Å². The van der Waals surface area contributed by atoms with E-state index in [-0.39, 0.29) is 12.1 Å². The monoisotopic (exact) mass is 529 g/mol. The average molecular weight is 530 g/mol. The summed E-state index contributed by atoms with van der Waals surface area (Å²) in [5.41, 5.74) is 4.95. The van der Waals surface area contributed by atoms with Gasteiger partial charge in [-0.15, -0.1) is 0 Å². The number of hydrogen-bond acceptors (Lipinski definition) is 8. The Bertz CT molecular complexity index is 1340. The van der Waals surface area contributed by atoms with E-state index < -0.39 is 0 Å². The summed E-state index contributed by atoms with van der Waals surface area (Å²) in [6.07, 6.45) is 11.2. The van der Waals surface area contributed by atoms with E-state index in [0.29, 0.717) is 17.7 Å². The second kappa shape index (κ2) is 9.42. The maximum Gasteiger partial charge on any atom is 0.175 e. The molecular weight excluding hydrogens is 494 g/mol. The molecule has 0 unspecified atom stereocenters. The number of ether oxygens (including phenoxy) is 1. The van der Waals surface area contributed by atoms with Gasteiger partial charge in [-0.1, -0.05) is 48.9 Å². The highest BCUT2D eigenvalue weighted by Crippen LogP contribution is 2.47. The zero-order chi connectivity index (χ0) is 25.7. The molecule has 7 nitrogen and oxygen atoms in total. The molecule has 2 aliphatic heterocycles. The van der Waals surface area contributed by atoms with Gasteiger partial charge < -0.3 is 20.1 Å².